The molecule has 0 radical (unpaired) electrons. The summed E-state index contributed by atoms with van der Waals surface area (Å²) < 4.78 is 10.4. The minimum Gasteiger partial charge on any atom is -0.482 e. The van der Waals surface area contributed by atoms with Crippen LogP contribution in [0.3, 0.4) is 0 Å². The van der Waals surface area contributed by atoms with E-state index in [0.717, 1.165) is 10.6 Å². The van der Waals surface area contributed by atoms with Gasteiger partial charge in [-0.1, -0.05) is 34.5 Å². The number of ether oxygens (including phenoxy) is 2. The smallest absolute Gasteiger partial charge is 0.410 e. The topological polar surface area (TPSA) is 80.8 Å². The summed E-state index contributed by atoms with van der Waals surface area (Å²) in [5.74, 6) is 0.0223. The molecule has 3 rings (SSSR count). The Kier molecular flexibility index (Phi) is 6.41. The van der Waals surface area contributed by atoms with Crippen molar-refractivity contribution in [3.8, 4) is 5.75 Å². The molecule has 0 atom stereocenters. The average molecular weight is 430 g/mol. The minimum atomic E-state index is -0.352. The molecule has 2 amide bonds. The fourth-order valence-electron chi connectivity index (χ4n) is 2.51. The van der Waals surface area contributed by atoms with Crippen LogP contribution in [0.2, 0.25) is 10.0 Å². The van der Waals surface area contributed by atoms with Crippen molar-refractivity contribution in [2.24, 2.45) is 0 Å². The number of hydrogen-bond acceptors (Lipinski definition) is 6. The third-order valence-electron chi connectivity index (χ3n) is 3.76. The third kappa shape index (κ3) is 5.03. The number of hydrogen-bond donors (Lipinski definition) is 1. The van der Waals surface area contributed by atoms with Gasteiger partial charge in [0.05, 0.1) is 23.9 Å². The Balaban J connectivity index is 1.56. The maximum Gasteiger partial charge on any atom is 0.410 e. The molecule has 1 aliphatic rings. The number of halogens is 2. The van der Waals surface area contributed by atoms with E-state index in [2.05, 4.69) is 10.3 Å². The van der Waals surface area contributed by atoms with Crippen LogP contribution in [0, 0.1) is 0 Å². The van der Waals surface area contributed by atoms with Crippen molar-refractivity contribution in [2.75, 3.05) is 25.1 Å². The molecule has 0 spiro atoms. The number of aromatic nitrogens is 1. The van der Waals surface area contributed by atoms with E-state index in [0.29, 0.717) is 47.0 Å². The lowest BCUT2D eigenvalue weighted by atomic mass is 10.2. The second-order valence-electron chi connectivity index (χ2n) is 5.67. The summed E-state index contributed by atoms with van der Waals surface area (Å²) in [6.45, 7) is 2.87. The van der Waals surface area contributed by atoms with Crippen LogP contribution in [0.5, 0.6) is 5.75 Å². The molecular weight excluding hydrogens is 413 g/mol. The summed E-state index contributed by atoms with van der Waals surface area (Å²) in [6.07, 6.45) is 0.285. The molecule has 0 saturated carbocycles. The number of fused-ring (bicyclic) bond motifs is 1. The zero-order valence-electron chi connectivity index (χ0n) is 14.5. The third-order valence-corrected chi connectivity index (χ3v) is 5.28. The number of nitrogens with zero attached hydrogens (tertiary/aromatic N) is 2. The van der Waals surface area contributed by atoms with E-state index in [1.165, 1.54) is 11.3 Å². The van der Waals surface area contributed by atoms with Crippen molar-refractivity contribution in [1.29, 1.82) is 0 Å². The van der Waals surface area contributed by atoms with Crippen molar-refractivity contribution < 1.29 is 19.1 Å². The van der Waals surface area contributed by atoms with Gasteiger partial charge in [0.1, 0.15) is 5.75 Å². The Morgan fingerprint density at radius 1 is 1.37 bits per heavy atom. The van der Waals surface area contributed by atoms with Crippen molar-refractivity contribution in [2.45, 2.75) is 19.9 Å². The standard InChI is InChI=1S/C17H17Cl2N3O4S/c1-2-25-17(24)22-6-5-12-14(8-22)27-16(20-12)21-15(23)9-26-13-4-3-10(18)7-11(13)19/h3-4,7H,2,5-6,8-9H2,1H3,(H,20,21,23). The molecule has 10 heteroatoms. The highest BCUT2D eigenvalue weighted by Crippen LogP contribution is 2.29. The summed E-state index contributed by atoms with van der Waals surface area (Å²) in [5.41, 5.74) is 0.887. The van der Waals surface area contributed by atoms with Gasteiger partial charge in [-0.25, -0.2) is 9.78 Å². The van der Waals surface area contributed by atoms with Crippen molar-refractivity contribution in [1.82, 2.24) is 9.88 Å². The number of carbonyl (C=O) groups is 2. The lowest BCUT2D eigenvalue weighted by Gasteiger charge is -2.24. The largest absolute Gasteiger partial charge is 0.482 e. The van der Waals surface area contributed by atoms with Crippen molar-refractivity contribution in [3.63, 3.8) is 0 Å². The lowest BCUT2D eigenvalue weighted by Crippen LogP contribution is -2.35. The second-order valence-corrected chi connectivity index (χ2v) is 7.60. The molecule has 0 bridgehead atoms. The molecule has 7 nitrogen and oxygen atoms in total. The van der Waals surface area contributed by atoms with Crippen molar-refractivity contribution in [3.05, 3.63) is 38.8 Å². The summed E-state index contributed by atoms with van der Waals surface area (Å²) in [5, 5.41) is 4.00. The molecule has 1 aromatic heterocycles. The van der Waals surface area contributed by atoms with Crippen LogP contribution >= 0.6 is 34.5 Å². The molecule has 0 fully saturated rings. The molecule has 0 saturated heterocycles. The van der Waals surface area contributed by atoms with E-state index >= 15 is 0 Å². The van der Waals surface area contributed by atoms with Gasteiger partial charge >= 0.3 is 6.09 Å². The first kappa shape index (κ1) is 19.7. The predicted octanol–water partition coefficient (Wildman–Crippen LogP) is 3.98. The molecule has 2 aromatic rings. The van der Waals surface area contributed by atoms with Crippen LogP contribution in [0.25, 0.3) is 0 Å². The van der Waals surface area contributed by atoms with E-state index in [9.17, 15) is 9.59 Å². The highest BCUT2D eigenvalue weighted by molar-refractivity contribution is 7.15. The maximum absolute atomic E-state index is 12.1. The summed E-state index contributed by atoms with van der Waals surface area (Å²) in [7, 11) is 0. The van der Waals surface area contributed by atoms with Gasteiger partial charge < -0.3 is 14.4 Å². The van der Waals surface area contributed by atoms with E-state index in [4.69, 9.17) is 32.7 Å². The zero-order chi connectivity index (χ0) is 19.4. The number of anilines is 1. The Labute approximate surface area is 170 Å². The fraction of sp³-hybridized carbons (Fsp3) is 0.353. The quantitative estimate of drug-likeness (QED) is 0.776. The molecule has 1 aromatic carbocycles. The fourth-order valence-corrected chi connectivity index (χ4v) is 4.01. The van der Waals surface area contributed by atoms with E-state index in [1.807, 2.05) is 0 Å². The molecule has 27 heavy (non-hydrogen) atoms. The van der Waals surface area contributed by atoms with Gasteiger partial charge in [-0.3, -0.25) is 10.1 Å². The highest BCUT2D eigenvalue weighted by atomic mass is 35.5. The average Bonchev–Trinajstić information content (AvgIpc) is 3.02. The molecule has 1 N–H and O–H groups in total. The SMILES string of the molecule is CCOC(=O)N1CCc2nc(NC(=O)COc3ccc(Cl)cc3Cl)sc2C1. The van der Waals surface area contributed by atoms with E-state index in [-0.39, 0.29) is 18.6 Å². The highest BCUT2D eigenvalue weighted by Gasteiger charge is 2.25. The lowest BCUT2D eigenvalue weighted by molar-refractivity contribution is -0.118. The Hall–Kier alpha value is -2.03. The second kappa shape index (κ2) is 8.77. The maximum atomic E-state index is 12.1. The molecular formula is C17H17Cl2N3O4S. The van der Waals surface area contributed by atoms with Gasteiger partial charge in [-0.2, -0.15) is 0 Å². The van der Waals surface area contributed by atoms with Crippen LogP contribution in [-0.4, -0.2) is 41.6 Å². The molecule has 0 unspecified atom stereocenters. The van der Waals surface area contributed by atoms with Gasteiger partial charge in [-0.15, -0.1) is 0 Å². The molecule has 144 valence electrons. The van der Waals surface area contributed by atoms with Gasteiger partial charge in [0.2, 0.25) is 0 Å². The monoisotopic (exact) mass is 429 g/mol. The predicted molar refractivity (Wildman–Crippen MR) is 104 cm³/mol. The van der Waals surface area contributed by atoms with E-state index in [1.54, 1.807) is 30.0 Å². The Morgan fingerprint density at radius 2 is 2.19 bits per heavy atom. The summed E-state index contributed by atoms with van der Waals surface area (Å²) >= 11 is 13.2. The van der Waals surface area contributed by atoms with Crippen LogP contribution in [-0.2, 0) is 22.5 Å². The van der Waals surface area contributed by atoms with Gasteiger partial charge in [0.15, 0.2) is 11.7 Å². The molecule has 1 aliphatic heterocycles. The van der Waals surface area contributed by atoms with Crippen LogP contribution in [0.15, 0.2) is 18.2 Å². The first-order valence-electron chi connectivity index (χ1n) is 8.24. The van der Waals surface area contributed by atoms with Crippen LogP contribution in [0.4, 0.5) is 9.93 Å². The number of rotatable bonds is 5. The minimum absolute atomic E-state index is 0.208. The first-order valence-corrected chi connectivity index (χ1v) is 9.81. The molecule has 0 aliphatic carbocycles. The van der Waals surface area contributed by atoms with Gasteiger partial charge in [0, 0.05) is 22.9 Å². The van der Waals surface area contributed by atoms with Crippen LogP contribution < -0.4 is 10.1 Å². The number of thiazole rings is 1. The normalized spacial score (nSPS) is 13.1. The Morgan fingerprint density at radius 3 is 2.93 bits per heavy atom. The number of amides is 2. The van der Waals surface area contributed by atoms with Crippen molar-refractivity contribution >= 4 is 51.7 Å². The van der Waals surface area contributed by atoms with Crippen LogP contribution in [0.1, 0.15) is 17.5 Å². The number of carbonyl (C=O) groups excluding carboxylic acids is 2. The number of benzene rings is 1. The Bertz CT molecular complexity index is 859. The summed E-state index contributed by atoms with van der Waals surface area (Å²) in [6, 6.07) is 4.77. The number of nitrogens with one attached hydrogen (secondary N) is 1. The molecule has 2 heterocycles. The summed E-state index contributed by atoms with van der Waals surface area (Å²) in [4.78, 5) is 30.9. The van der Waals surface area contributed by atoms with E-state index < -0.39 is 0 Å². The first-order chi connectivity index (χ1) is 13.0. The van der Waals surface area contributed by atoms with Gasteiger partial charge in [0.25, 0.3) is 5.91 Å². The zero-order valence-corrected chi connectivity index (χ0v) is 16.8. The van der Waals surface area contributed by atoms with Gasteiger partial charge in [-0.05, 0) is 25.1 Å².